The third kappa shape index (κ3) is 7.04. The molecule has 6 heteroatoms. The highest BCUT2D eigenvalue weighted by Crippen LogP contribution is 2.18. The van der Waals surface area contributed by atoms with E-state index in [0.717, 1.165) is 36.9 Å². The number of carbonyl (C=O) groups excluding carboxylic acids is 1. The number of esters is 1. The first kappa shape index (κ1) is 21.4. The molecule has 1 aromatic heterocycles. The monoisotopic (exact) mass is 383 g/mol. The lowest BCUT2D eigenvalue weighted by Crippen LogP contribution is -2.32. The zero-order valence-corrected chi connectivity index (χ0v) is 17.1. The van der Waals surface area contributed by atoms with Crippen LogP contribution in [0.2, 0.25) is 0 Å². The van der Waals surface area contributed by atoms with E-state index >= 15 is 0 Å². The van der Waals surface area contributed by atoms with E-state index in [2.05, 4.69) is 36.0 Å². The molecule has 2 aromatic rings. The largest absolute Gasteiger partial charge is 0.497 e. The molecule has 0 aliphatic carbocycles. The minimum Gasteiger partial charge on any atom is -0.497 e. The summed E-state index contributed by atoms with van der Waals surface area (Å²) in [6.45, 7) is 4.61. The topological polar surface area (TPSA) is 54.9 Å². The van der Waals surface area contributed by atoms with Crippen LogP contribution < -0.4 is 9.64 Å². The van der Waals surface area contributed by atoms with Gasteiger partial charge in [-0.15, -0.1) is 0 Å². The maximum Gasteiger partial charge on any atom is 0.330 e. The number of anilines is 1. The molecule has 0 unspecified atom stereocenters. The summed E-state index contributed by atoms with van der Waals surface area (Å²) in [5.41, 5.74) is 1.89. The smallest absolute Gasteiger partial charge is 0.330 e. The highest BCUT2D eigenvalue weighted by Gasteiger charge is 2.10. The van der Waals surface area contributed by atoms with Crippen LogP contribution in [0.5, 0.6) is 5.75 Å². The molecular weight excluding hydrogens is 354 g/mol. The molecule has 0 radical (unpaired) electrons. The Morgan fingerprint density at radius 1 is 1.11 bits per heavy atom. The molecule has 0 fully saturated rings. The van der Waals surface area contributed by atoms with Gasteiger partial charge in [0.05, 0.1) is 19.4 Å². The second kappa shape index (κ2) is 11.1. The van der Waals surface area contributed by atoms with Crippen LogP contribution in [0.1, 0.15) is 18.2 Å². The van der Waals surface area contributed by atoms with E-state index in [0.29, 0.717) is 6.61 Å². The lowest BCUT2D eigenvalue weighted by Gasteiger charge is -2.26. The van der Waals surface area contributed by atoms with E-state index in [-0.39, 0.29) is 5.97 Å². The predicted molar refractivity (Wildman–Crippen MR) is 113 cm³/mol. The van der Waals surface area contributed by atoms with Crippen molar-refractivity contribution in [2.45, 2.75) is 13.5 Å². The highest BCUT2D eigenvalue weighted by atomic mass is 16.5. The normalized spacial score (nSPS) is 11.0. The number of likely N-dealkylation sites (N-methyl/N-ethyl adjacent to an activating group) is 1. The number of carbonyl (C=O) groups is 1. The number of methoxy groups -OCH3 is 1. The third-order valence-electron chi connectivity index (χ3n) is 4.11. The van der Waals surface area contributed by atoms with E-state index < -0.39 is 0 Å². The number of hydrogen-bond donors (Lipinski definition) is 0. The summed E-state index contributed by atoms with van der Waals surface area (Å²) >= 11 is 0. The molecule has 28 heavy (non-hydrogen) atoms. The van der Waals surface area contributed by atoms with Crippen molar-refractivity contribution in [3.05, 3.63) is 59.8 Å². The molecule has 0 N–H and O–H groups in total. The summed E-state index contributed by atoms with van der Waals surface area (Å²) in [6.07, 6.45) is 3.09. The summed E-state index contributed by atoms with van der Waals surface area (Å²) < 4.78 is 10.2. The zero-order chi connectivity index (χ0) is 20.4. The van der Waals surface area contributed by atoms with Crippen molar-refractivity contribution in [3.63, 3.8) is 0 Å². The number of nitrogens with zero attached hydrogens (tertiary/aromatic N) is 3. The molecule has 0 bridgehead atoms. The van der Waals surface area contributed by atoms with Crippen LogP contribution in [0.15, 0.2) is 48.5 Å². The van der Waals surface area contributed by atoms with E-state index in [1.54, 1.807) is 20.1 Å². The average molecular weight is 383 g/mol. The molecule has 0 saturated heterocycles. The van der Waals surface area contributed by atoms with Gasteiger partial charge in [-0.2, -0.15) is 0 Å². The van der Waals surface area contributed by atoms with Gasteiger partial charge in [0.15, 0.2) is 0 Å². The van der Waals surface area contributed by atoms with Crippen molar-refractivity contribution in [2.24, 2.45) is 0 Å². The van der Waals surface area contributed by atoms with Gasteiger partial charge in [-0.05, 0) is 56.9 Å². The van der Waals surface area contributed by atoms with Gasteiger partial charge in [0, 0.05) is 25.7 Å². The molecular formula is C22H29N3O3. The average Bonchev–Trinajstić information content (AvgIpc) is 2.70. The first-order chi connectivity index (χ1) is 13.5. The van der Waals surface area contributed by atoms with Gasteiger partial charge in [0.2, 0.25) is 0 Å². The molecule has 1 aromatic carbocycles. The van der Waals surface area contributed by atoms with Crippen LogP contribution in [0.25, 0.3) is 6.08 Å². The summed E-state index contributed by atoms with van der Waals surface area (Å²) in [7, 11) is 5.77. The Morgan fingerprint density at radius 3 is 2.50 bits per heavy atom. The Hall–Kier alpha value is -2.86. The van der Waals surface area contributed by atoms with Crippen LogP contribution in [0.3, 0.4) is 0 Å². The van der Waals surface area contributed by atoms with E-state index in [1.807, 2.05) is 30.3 Å². The number of benzene rings is 1. The fourth-order valence-corrected chi connectivity index (χ4v) is 2.60. The molecule has 150 valence electrons. The van der Waals surface area contributed by atoms with Gasteiger partial charge in [0.25, 0.3) is 0 Å². The maximum atomic E-state index is 11.5. The van der Waals surface area contributed by atoms with Crippen LogP contribution in [0.4, 0.5) is 5.82 Å². The van der Waals surface area contributed by atoms with Crippen molar-refractivity contribution >= 4 is 17.9 Å². The fourth-order valence-electron chi connectivity index (χ4n) is 2.60. The van der Waals surface area contributed by atoms with Gasteiger partial charge in [0.1, 0.15) is 11.6 Å². The zero-order valence-electron chi connectivity index (χ0n) is 17.1. The summed E-state index contributed by atoms with van der Waals surface area (Å²) in [4.78, 5) is 20.6. The number of pyridine rings is 1. The quantitative estimate of drug-likeness (QED) is 0.464. The van der Waals surface area contributed by atoms with Gasteiger partial charge in [-0.1, -0.05) is 18.2 Å². The van der Waals surface area contributed by atoms with Gasteiger partial charge in [-0.25, -0.2) is 9.78 Å². The Balaban J connectivity index is 2.19. The molecule has 2 rings (SSSR count). The van der Waals surface area contributed by atoms with Crippen molar-refractivity contribution in [3.8, 4) is 5.75 Å². The third-order valence-corrected chi connectivity index (χ3v) is 4.11. The number of hydrogen-bond acceptors (Lipinski definition) is 6. The summed E-state index contributed by atoms with van der Waals surface area (Å²) in [5, 5.41) is 0. The van der Waals surface area contributed by atoms with Gasteiger partial charge >= 0.3 is 5.97 Å². The Labute approximate surface area is 167 Å². The lowest BCUT2D eigenvalue weighted by atomic mass is 10.2. The van der Waals surface area contributed by atoms with Crippen LogP contribution >= 0.6 is 0 Å². The van der Waals surface area contributed by atoms with Crippen LogP contribution in [-0.4, -0.2) is 56.8 Å². The Kier molecular flexibility index (Phi) is 8.49. The summed E-state index contributed by atoms with van der Waals surface area (Å²) in [5.74, 6) is 1.34. The number of rotatable bonds is 10. The Bertz CT molecular complexity index is 773. The van der Waals surface area contributed by atoms with Crippen molar-refractivity contribution < 1.29 is 14.3 Å². The molecule has 6 nitrogen and oxygen atoms in total. The first-order valence-corrected chi connectivity index (χ1v) is 9.36. The molecule has 0 amide bonds. The van der Waals surface area contributed by atoms with Crippen LogP contribution in [-0.2, 0) is 16.1 Å². The van der Waals surface area contributed by atoms with E-state index in [4.69, 9.17) is 14.5 Å². The molecule has 0 atom stereocenters. The first-order valence-electron chi connectivity index (χ1n) is 9.36. The van der Waals surface area contributed by atoms with Gasteiger partial charge in [-0.3, -0.25) is 0 Å². The minimum absolute atomic E-state index is 0.358. The van der Waals surface area contributed by atoms with Crippen LogP contribution in [0, 0.1) is 0 Å². The standard InChI is InChI=1S/C22H29N3O3/c1-5-28-22(26)14-11-19-7-6-8-21(23-19)25(16-15-24(2)3)17-18-9-12-20(27-4)13-10-18/h6-14H,5,15-17H2,1-4H3. The molecule has 0 saturated carbocycles. The maximum absolute atomic E-state index is 11.5. The second-order valence-corrected chi connectivity index (χ2v) is 6.58. The summed E-state index contributed by atoms with van der Waals surface area (Å²) in [6, 6.07) is 13.9. The van der Waals surface area contributed by atoms with Crippen molar-refractivity contribution in [1.82, 2.24) is 9.88 Å². The molecule has 0 aliphatic heterocycles. The molecule has 0 spiro atoms. The highest BCUT2D eigenvalue weighted by molar-refractivity contribution is 5.86. The van der Waals surface area contributed by atoms with Crippen molar-refractivity contribution in [2.75, 3.05) is 45.8 Å². The minimum atomic E-state index is -0.364. The lowest BCUT2D eigenvalue weighted by molar-refractivity contribution is -0.137. The fraction of sp³-hybridized carbons (Fsp3) is 0.364. The van der Waals surface area contributed by atoms with E-state index in [1.165, 1.54) is 11.6 Å². The van der Waals surface area contributed by atoms with Crippen molar-refractivity contribution in [1.29, 1.82) is 0 Å². The Morgan fingerprint density at radius 2 is 1.86 bits per heavy atom. The van der Waals surface area contributed by atoms with E-state index in [9.17, 15) is 4.79 Å². The molecule has 1 heterocycles. The van der Waals surface area contributed by atoms with Gasteiger partial charge < -0.3 is 19.3 Å². The predicted octanol–water partition coefficient (Wildman–Crippen LogP) is 3.23. The SMILES string of the molecule is CCOC(=O)C=Cc1cccc(N(CCN(C)C)Cc2ccc(OC)cc2)n1. The second-order valence-electron chi connectivity index (χ2n) is 6.58. The number of aromatic nitrogens is 1. The molecule has 0 aliphatic rings. The number of ether oxygens (including phenoxy) is 2.